The van der Waals surface area contributed by atoms with Crippen molar-refractivity contribution in [3.05, 3.63) is 12.2 Å². The van der Waals surface area contributed by atoms with E-state index in [1.165, 1.54) is 12.8 Å². The van der Waals surface area contributed by atoms with Crippen LogP contribution < -0.4 is 5.73 Å². The van der Waals surface area contributed by atoms with Crippen LogP contribution in [0.15, 0.2) is 12.2 Å². The lowest BCUT2D eigenvalue weighted by Crippen LogP contribution is -2.27. The molecule has 3 heteroatoms. The van der Waals surface area contributed by atoms with Crippen LogP contribution in [0.25, 0.3) is 0 Å². The first-order chi connectivity index (χ1) is 8.34. The molecule has 0 aromatic carbocycles. The molecule has 106 valence electrons. The molecule has 1 atom stereocenters. The average molecular weight is 255 g/mol. The van der Waals surface area contributed by atoms with Gasteiger partial charge in [0.05, 0.1) is 0 Å². The van der Waals surface area contributed by atoms with Crippen molar-refractivity contribution in [1.82, 2.24) is 0 Å². The number of unbranched alkanes of at least 4 members (excludes halogenated alkanes) is 2. The van der Waals surface area contributed by atoms with Crippen LogP contribution in [0.4, 0.5) is 0 Å². The van der Waals surface area contributed by atoms with Gasteiger partial charge in [-0.05, 0) is 17.8 Å². The van der Waals surface area contributed by atoms with Crippen LogP contribution in [0.3, 0.4) is 0 Å². The first kappa shape index (κ1) is 17.2. The molecule has 0 aliphatic heterocycles. The Labute approximate surface area is 112 Å². The van der Waals surface area contributed by atoms with Gasteiger partial charge in [-0.25, -0.2) is 4.79 Å². The van der Waals surface area contributed by atoms with Crippen molar-refractivity contribution in [3.63, 3.8) is 0 Å². The van der Waals surface area contributed by atoms with E-state index in [1.54, 1.807) is 0 Å². The van der Waals surface area contributed by atoms with E-state index in [0.717, 1.165) is 12.8 Å². The normalized spacial score (nSPS) is 13.2. The van der Waals surface area contributed by atoms with E-state index in [1.807, 2.05) is 0 Å². The van der Waals surface area contributed by atoms with E-state index in [-0.39, 0.29) is 23.9 Å². The first-order valence-electron chi connectivity index (χ1n) is 6.90. The van der Waals surface area contributed by atoms with Gasteiger partial charge in [-0.3, -0.25) is 0 Å². The van der Waals surface area contributed by atoms with Gasteiger partial charge in [-0.2, -0.15) is 0 Å². The molecule has 0 fully saturated rings. The van der Waals surface area contributed by atoms with Crippen LogP contribution in [0.2, 0.25) is 0 Å². The van der Waals surface area contributed by atoms with Crippen LogP contribution >= 0.6 is 0 Å². The highest BCUT2D eigenvalue weighted by Crippen LogP contribution is 2.35. The minimum Gasteiger partial charge on any atom is -0.461 e. The van der Waals surface area contributed by atoms with Crippen LogP contribution in [-0.2, 0) is 9.53 Å². The molecule has 0 aromatic heterocycles. The van der Waals surface area contributed by atoms with E-state index >= 15 is 0 Å². The SMILES string of the molecule is C=C(C(=O)OCCN)C(CCCCC)C(C)(C)C. The number of carbonyl (C=O) groups is 1. The van der Waals surface area contributed by atoms with Gasteiger partial charge in [0.15, 0.2) is 0 Å². The Morgan fingerprint density at radius 2 is 1.94 bits per heavy atom. The third kappa shape index (κ3) is 6.20. The molecule has 1 unspecified atom stereocenters. The largest absolute Gasteiger partial charge is 0.461 e. The Morgan fingerprint density at radius 1 is 1.33 bits per heavy atom. The van der Waals surface area contributed by atoms with Crippen LogP contribution in [0.1, 0.15) is 53.4 Å². The third-order valence-corrected chi connectivity index (χ3v) is 3.18. The second kappa shape index (κ2) is 8.30. The van der Waals surface area contributed by atoms with Crippen molar-refractivity contribution in [2.45, 2.75) is 53.4 Å². The van der Waals surface area contributed by atoms with Crippen LogP contribution in [0.5, 0.6) is 0 Å². The Hall–Kier alpha value is -0.830. The smallest absolute Gasteiger partial charge is 0.333 e. The van der Waals surface area contributed by atoms with E-state index in [4.69, 9.17) is 10.5 Å². The summed E-state index contributed by atoms with van der Waals surface area (Å²) in [6, 6.07) is 0. The van der Waals surface area contributed by atoms with E-state index < -0.39 is 0 Å². The molecule has 0 amide bonds. The monoisotopic (exact) mass is 255 g/mol. The molecular formula is C15H29NO2. The maximum absolute atomic E-state index is 11.8. The molecule has 0 aliphatic carbocycles. The predicted octanol–water partition coefficient (Wildman–Crippen LogP) is 3.29. The highest BCUT2D eigenvalue weighted by Gasteiger charge is 2.30. The Morgan fingerprint density at radius 3 is 2.39 bits per heavy atom. The summed E-state index contributed by atoms with van der Waals surface area (Å²) in [4.78, 5) is 11.8. The molecule has 3 nitrogen and oxygen atoms in total. The lowest BCUT2D eigenvalue weighted by molar-refractivity contribution is -0.139. The van der Waals surface area contributed by atoms with Crippen molar-refractivity contribution >= 4 is 5.97 Å². The van der Waals surface area contributed by atoms with Crippen molar-refractivity contribution in [3.8, 4) is 0 Å². The summed E-state index contributed by atoms with van der Waals surface area (Å²) < 4.78 is 5.07. The molecule has 0 saturated carbocycles. The van der Waals surface area contributed by atoms with Crippen LogP contribution in [-0.4, -0.2) is 19.1 Å². The second-order valence-corrected chi connectivity index (χ2v) is 5.86. The van der Waals surface area contributed by atoms with Crippen molar-refractivity contribution in [2.24, 2.45) is 17.1 Å². The van der Waals surface area contributed by atoms with Gasteiger partial charge < -0.3 is 10.5 Å². The summed E-state index contributed by atoms with van der Waals surface area (Å²) >= 11 is 0. The van der Waals surface area contributed by atoms with E-state index in [9.17, 15) is 4.79 Å². The number of hydrogen-bond acceptors (Lipinski definition) is 3. The molecule has 0 aliphatic rings. The molecular weight excluding hydrogens is 226 g/mol. The Bertz CT molecular complexity index is 266. The zero-order chi connectivity index (χ0) is 14.2. The first-order valence-corrected chi connectivity index (χ1v) is 6.90. The third-order valence-electron chi connectivity index (χ3n) is 3.18. The maximum atomic E-state index is 11.8. The van der Waals surface area contributed by atoms with Crippen molar-refractivity contribution in [1.29, 1.82) is 0 Å². The lowest BCUT2D eigenvalue weighted by Gasteiger charge is -2.31. The van der Waals surface area contributed by atoms with Crippen LogP contribution in [0, 0.1) is 11.3 Å². The molecule has 0 bridgehead atoms. The fourth-order valence-corrected chi connectivity index (χ4v) is 2.11. The number of ether oxygens (including phenoxy) is 1. The summed E-state index contributed by atoms with van der Waals surface area (Å²) in [6.07, 6.45) is 4.49. The molecule has 0 aromatic rings. The number of esters is 1. The van der Waals surface area contributed by atoms with E-state index in [0.29, 0.717) is 12.1 Å². The van der Waals surface area contributed by atoms with Crippen molar-refractivity contribution in [2.75, 3.05) is 13.2 Å². The van der Waals surface area contributed by atoms with Gasteiger partial charge >= 0.3 is 5.97 Å². The molecule has 18 heavy (non-hydrogen) atoms. The standard InChI is InChI=1S/C15H29NO2/c1-6-7-8-9-13(15(3,4)5)12(2)14(17)18-11-10-16/h13H,2,6-11,16H2,1,3-5H3. The predicted molar refractivity (Wildman–Crippen MR) is 76.2 cm³/mol. The number of nitrogens with two attached hydrogens (primary N) is 1. The summed E-state index contributed by atoms with van der Waals surface area (Å²) in [5.41, 5.74) is 5.95. The topological polar surface area (TPSA) is 52.3 Å². The fraction of sp³-hybridized carbons (Fsp3) is 0.800. The van der Waals surface area contributed by atoms with Gasteiger partial charge in [0.1, 0.15) is 6.61 Å². The molecule has 0 radical (unpaired) electrons. The zero-order valence-corrected chi connectivity index (χ0v) is 12.4. The summed E-state index contributed by atoms with van der Waals surface area (Å²) in [5.74, 6) is -0.119. The molecule has 0 heterocycles. The van der Waals surface area contributed by atoms with Gasteiger partial charge in [-0.15, -0.1) is 0 Å². The lowest BCUT2D eigenvalue weighted by atomic mass is 9.74. The number of hydrogen-bond donors (Lipinski definition) is 1. The average Bonchev–Trinajstić information content (AvgIpc) is 2.29. The summed E-state index contributed by atoms with van der Waals surface area (Å²) in [5, 5.41) is 0. The van der Waals surface area contributed by atoms with Crippen molar-refractivity contribution < 1.29 is 9.53 Å². The number of rotatable bonds is 8. The van der Waals surface area contributed by atoms with Gasteiger partial charge in [-0.1, -0.05) is 53.5 Å². The van der Waals surface area contributed by atoms with Gasteiger partial charge in [0.25, 0.3) is 0 Å². The van der Waals surface area contributed by atoms with Gasteiger partial charge in [0, 0.05) is 12.1 Å². The zero-order valence-electron chi connectivity index (χ0n) is 12.4. The summed E-state index contributed by atoms with van der Waals surface area (Å²) in [7, 11) is 0. The number of carbonyl (C=O) groups excluding carboxylic acids is 1. The maximum Gasteiger partial charge on any atom is 0.333 e. The minimum absolute atomic E-state index is 0.0343. The molecule has 0 spiro atoms. The van der Waals surface area contributed by atoms with E-state index in [2.05, 4.69) is 34.3 Å². The Kier molecular flexibility index (Phi) is 7.92. The molecule has 2 N–H and O–H groups in total. The molecule has 0 saturated heterocycles. The highest BCUT2D eigenvalue weighted by molar-refractivity contribution is 5.88. The summed E-state index contributed by atoms with van der Waals surface area (Å²) in [6.45, 7) is 13.2. The minimum atomic E-state index is -0.295. The highest BCUT2D eigenvalue weighted by atomic mass is 16.5. The fourth-order valence-electron chi connectivity index (χ4n) is 2.11. The Balaban J connectivity index is 4.55. The second-order valence-electron chi connectivity index (χ2n) is 5.86. The quantitative estimate of drug-likeness (QED) is 0.411. The van der Waals surface area contributed by atoms with Gasteiger partial charge in [0.2, 0.25) is 0 Å². The molecule has 0 rings (SSSR count).